The van der Waals surface area contributed by atoms with E-state index in [-0.39, 0.29) is 5.91 Å². The Morgan fingerprint density at radius 1 is 1.48 bits per heavy atom. The normalized spacial score (nSPS) is 11.3. The zero-order chi connectivity index (χ0) is 15.2. The molecule has 21 heavy (non-hydrogen) atoms. The lowest BCUT2D eigenvalue weighted by Crippen LogP contribution is -2.31. The van der Waals surface area contributed by atoms with Crippen molar-refractivity contribution in [1.29, 1.82) is 5.26 Å². The van der Waals surface area contributed by atoms with E-state index in [1.54, 1.807) is 43.8 Å². The number of hydrogen-bond acceptors (Lipinski definition) is 6. The monoisotopic (exact) mass is 302 g/mol. The Labute approximate surface area is 126 Å². The van der Waals surface area contributed by atoms with Gasteiger partial charge in [0.15, 0.2) is 0 Å². The smallest absolute Gasteiger partial charge is 0.247 e. The van der Waals surface area contributed by atoms with Crippen LogP contribution in [0.4, 0.5) is 10.7 Å². The van der Waals surface area contributed by atoms with Crippen molar-refractivity contribution >= 4 is 27.9 Å². The maximum Gasteiger partial charge on any atom is 0.247 e. The summed E-state index contributed by atoms with van der Waals surface area (Å²) in [5.41, 5.74) is 1.18. The molecule has 0 aromatic carbocycles. The first kappa shape index (κ1) is 14.8. The summed E-state index contributed by atoms with van der Waals surface area (Å²) in [5, 5.41) is 17.0. The third-order valence-corrected chi connectivity index (χ3v) is 3.57. The van der Waals surface area contributed by atoms with Gasteiger partial charge in [-0.3, -0.25) is 4.79 Å². The molecule has 0 bridgehead atoms. The Morgan fingerprint density at radius 3 is 2.90 bits per heavy atom. The van der Waals surface area contributed by atoms with E-state index < -0.39 is 6.04 Å². The molecule has 0 aliphatic rings. The fourth-order valence-electron chi connectivity index (χ4n) is 1.62. The highest BCUT2D eigenvalue weighted by molar-refractivity contribution is 7.14. The zero-order valence-corrected chi connectivity index (χ0v) is 12.4. The summed E-state index contributed by atoms with van der Waals surface area (Å²) in [6.07, 6.45) is 1.59. The number of methoxy groups -OCH3 is 1. The summed E-state index contributed by atoms with van der Waals surface area (Å²) >= 11 is 1.32. The maximum atomic E-state index is 12.1. The minimum atomic E-state index is -0.464. The number of nitriles is 1. The highest BCUT2D eigenvalue weighted by Gasteiger charge is 2.15. The molecular formula is C14H14N4O2S. The SMILES string of the molecule is COc1ccc(N[C@H](C)C(=O)Nc2sccc2C#N)cn1. The van der Waals surface area contributed by atoms with Gasteiger partial charge in [0.05, 0.1) is 24.6 Å². The van der Waals surface area contributed by atoms with Crippen LogP contribution in [0.2, 0.25) is 0 Å². The van der Waals surface area contributed by atoms with Crippen LogP contribution in [-0.2, 0) is 4.79 Å². The molecule has 108 valence electrons. The Bertz CT molecular complexity index is 660. The molecule has 0 saturated heterocycles. The maximum absolute atomic E-state index is 12.1. The van der Waals surface area contributed by atoms with Gasteiger partial charge in [-0.1, -0.05) is 0 Å². The molecule has 6 nitrogen and oxygen atoms in total. The summed E-state index contributed by atoms with van der Waals surface area (Å²) < 4.78 is 4.97. The van der Waals surface area contributed by atoms with E-state index in [2.05, 4.69) is 15.6 Å². The molecule has 0 radical (unpaired) electrons. The van der Waals surface area contributed by atoms with Crippen molar-refractivity contribution in [2.45, 2.75) is 13.0 Å². The number of anilines is 2. The average molecular weight is 302 g/mol. The first-order chi connectivity index (χ1) is 10.1. The summed E-state index contributed by atoms with van der Waals surface area (Å²) in [7, 11) is 1.54. The van der Waals surface area contributed by atoms with Crippen LogP contribution in [0.3, 0.4) is 0 Å². The summed E-state index contributed by atoms with van der Waals surface area (Å²) in [6.45, 7) is 1.74. The second kappa shape index (κ2) is 6.72. The van der Waals surface area contributed by atoms with Crippen LogP contribution >= 0.6 is 11.3 Å². The van der Waals surface area contributed by atoms with Crippen molar-refractivity contribution in [2.24, 2.45) is 0 Å². The van der Waals surface area contributed by atoms with Crippen molar-refractivity contribution < 1.29 is 9.53 Å². The van der Waals surface area contributed by atoms with Crippen LogP contribution < -0.4 is 15.4 Å². The molecule has 0 aliphatic carbocycles. The first-order valence-electron chi connectivity index (χ1n) is 6.19. The van der Waals surface area contributed by atoms with Gasteiger partial charge in [-0.25, -0.2) is 4.98 Å². The van der Waals surface area contributed by atoms with E-state index in [0.717, 1.165) is 0 Å². The number of aromatic nitrogens is 1. The predicted octanol–water partition coefficient (Wildman–Crippen LogP) is 2.46. The quantitative estimate of drug-likeness (QED) is 0.886. The van der Waals surface area contributed by atoms with Gasteiger partial charge in [0.25, 0.3) is 0 Å². The molecule has 0 aliphatic heterocycles. The van der Waals surface area contributed by atoms with Crippen LogP contribution in [0, 0.1) is 11.3 Å². The number of hydrogen-bond donors (Lipinski definition) is 2. The van der Waals surface area contributed by atoms with Gasteiger partial charge in [0.2, 0.25) is 11.8 Å². The van der Waals surface area contributed by atoms with Gasteiger partial charge in [-0.05, 0) is 24.4 Å². The molecule has 2 aromatic rings. The lowest BCUT2D eigenvalue weighted by molar-refractivity contribution is -0.116. The Hall–Kier alpha value is -2.59. The van der Waals surface area contributed by atoms with Crippen LogP contribution in [0.15, 0.2) is 29.8 Å². The zero-order valence-electron chi connectivity index (χ0n) is 11.6. The minimum Gasteiger partial charge on any atom is -0.481 e. The second-order valence-corrected chi connectivity index (χ2v) is 5.14. The standard InChI is InChI=1S/C14H14N4O2S/c1-9(17-11-3-4-12(20-2)16-8-11)13(19)18-14-10(7-15)5-6-21-14/h3-6,8-9,17H,1-2H3,(H,18,19)/t9-/m1/s1. The molecule has 0 spiro atoms. The minimum absolute atomic E-state index is 0.218. The van der Waals surface area contributed by atoms with Crippen molar-refractivity contribution in [2.75, 3.05) is 17.7 Å². The van der Waals surface area contributed by atoms with Gasteiger partial charge < -0.3 is 15.4 Å². The van der Waals surface area contributed by atoms with Crippen LogP contribution in [0.25, 0.3) is 0 Å². The summed E-state index contributed by atoms with van der Waals surface area (Å²) in [5.74, 6) is 0.291. The van der Waals surface area contributed by atoms with E-state index in [4.69, 9.17) is 10.00 Å². The first-order valence-corrected chi connectivity index (χ1v) is 7.07. The van der Waals surface area contributed by atoms with Gasteiger partial charge in [-0.2, -0.15) is 5.26 Å². The van der Waals surface area contributed by atoms with E-state index in [9.17, 15) is 4.79 Å². The van der Waals surface area contributed by atoms with Crippen molar-refractivity contribution in [1.82, 2.24) is 4.98 Å². The van der Waals surface area contributed by atoms with Gasteiger partial charge in [-0.15, -0.1) is 11.3 Å². The van der Waals surface area contributed by atoms with Crippen molar-refractivity contribution in [3.63, 3.8) is 0 Å². The number of carbonyl (C=O) groups excluding carboxylic acids is 1. The number of amides is 1. The Morgan fingerprint density at radius 2 is 2.29 bits per heavy atom. The lowest BCUT2D eigenvalue weighted by atomic mass is 10.2. The van der Waals surface area contributed by atoms with Gasteiger partial charge in [0, 0.05) is 6.07 Å². The van der Waals surface area contributed by atoms with Crippen LogP contribution in [0.1, 0.15) is 12.5 Å². The number of ether oxygens (including phenoxy) is 1. The van der Waals surface area contributed by atoms with Crippen LogP contribution in [0.5, 0.6) is 5.88 Å². The van der Waals surface area contributed by atoms with Crippen molar-refractivity contribution in [3.8, 4) is 11.9 Å². The third-order valence-electron chi connectivity index (χ3n) is 2.74. The molecule has 2 N–H and O–H groups in total. The van der Waals surface area contributed by atoms with E-state index in [1.165, 1.54) is 11.3 Å². The fourth-order valence-corrected chi connectivity index (χ4v) is 2.36. The Balaban J connectivity index is 1.97. The van der Waals surface area contributed by atoms with Crippen molar-refractivity contribution in [3.05, 3.63) is 35.3 Å². The number of nitrogens with one attached hydrogen (secondary N) is 2. The Kier molecular flexibility index (Phi) is 4.74. The number of thiophene rings is 1. The van der Waals surface area contributed by atoms with Gasteiger partial charge in [0.1, 0.15) is 17.1 Å². The molecule has 7 heteroatoms. The fraction of sp³-hybridized carbons (Fsp3) is 0.214. The predicted molar refractivity (Wildman–Crippen MR) is 81.5 cm³/mol. The topological polar surface area (TPSA) is 87.0 Å². The molecule has 1 amide bonds. The largest absolute Gasteiger partial charge is 0.481 e. The number of pyridine rings is 1. The molecule has 0 unspecified atom stereocenters. The number of rotatable bonds is 5. The number of carbonyl (C=O) groups is 1. The number of nitrogens with zero attached hydrogens (tertiary/aromatic N) is 2. The highest BCUT2D eigenvalue weighted by Crippen LogP contribution is 2.22. The third kappa shape index (κ3) is 3.70. The lowest BCUT2D eigenvalue weighted by Gasteiger charge is -2.14. The van der Waals surface area contributed by atoms with E-state index in [0.29, 0.717) is 22.1 Å². The molecule has 2 rings (SSSR count). The van der Waals surface area contributed by atoms with Crippen LogP contribution in [-0.4, -0.2) is 24.0 Å². The summed E-state index contributed by atoms with van der Waals surface area (Å²) in [4.78, 5) is 16.1. The summed E-state index contributed by atoms with van der Waals surface area (Å²) in [6, 6.07) is 6.73. The molecule has 1 atom stereocenters. The molecule has 2 aromatic heterocycles. The van der Waals surface area contributed by atoms with E-state index in [1.807, 2.05) is 6.07 Å². The van der Waals surface area contributed by atoms with Gasteiger partial charge >= 0.3 is 0 Å². The molecule has 2 heterocycles. The average Bonchev–Trinajstić information content (AvgIpc) is 2.95. The van der Waals surface area contributed by atoms with E-state index >= 15 is 0 Å². The molecular weight excluding hydrogens is 288 g/mol. The molecule has 0 fully saturated rings. The highest BCUT2D eigenvalue weighted by atomic mass is 32.1. The second-order valence-electron chi connectivity index (χ2n) is 4.22. The molecule has 0 saturated carbocycles.